The van der Waals surface area contributed by atoms with Crippen molar-refractivity contribution < 1.29 is 22.3 Å². The van der Waals surface area contributed by atoms with Crippen LogP contribution in [0.1, 0.15) is 6.92 Å². The molecule has 0 fully saturated rings. The number of hydrogen-bond donors (Lipinski definition) is 2. The molecule has 0 aliphatic rings. The fourth-order valence-corrected chi connectivity index (χ4v) is 1.91. The van der Waals surface area contributed by atoms with Crippen LogP contribution in [0.25, 0.3) is 0 Å². The van der Waals surface area contributed by atoms with E-state index in [4.69, 9.17) is 11.6 Å². The standard InChI is InChI=1S/C8H9ClFN3O4S/c1-2-17-8(14)12-13-18(15,16)5-3-4-6(9)11-7(5)10/h3-4,13H,2H2,1H3,(H,12,14). The predicted octanol–water partition coefficient (Wildman–Crippen LogP) is 0.813. The van der Waals surface area contributed by atoms with Gasteiger partial charge >= 0.3 is 6.09 Å². The molecule has 0 aliphatic carbocycles. The van der Waals surface area contributed by atoms with E-state index in [-0.39, 0.29) is 11.8 Å². The quantitative estimate of drug-likeness (QED) is 0.633. The van der Waals surface area contributed by atoms with Crippen molar-refractivity contribution in [2.45, 2.75) is 11.8 Å². The first-order chi connectivity index (χ1) is 8.36. The summed E-state index contributed by atoms with van der Waals surface area (Å²) in [5.41, 5.74) is 1.74. The van der Waals surface area contributed by atoms with Crippen LogP contribution in [0.3, 0.4) is 0 Å². The van der Waals surface area contributed by atoms with Gasteiger partial charge in [0.15, 0.2) is 0 Å². The Bertz CT molecular complexity index is 551. The first-order valence-electron chi connectivity index (χ1n) is 4.63. The Kier molecular flexibility index (Phi) is 4.82. The van der Waals surface area contributed by atoms with Crippen molar-refractivity contribution in [3.63, 3.8) is 0 Å². The third-order valence-corrected chi connectivity index (χ3v) is 3.10. The maximum absolute atomic E-state index is 13.3. The summed E-state index contributed by atoms with van der Waals surface area (Å²) in [6, 6.07) is 2.02. The average molecular weight is 298 g/mol. The van der Waals surface area contributed by atoms with E-state index in [1.54, 1.807) is 10.3 Å². The Morgan fingerprint density at radius 2 is 2.22 bits per heavy atom. The summed E-state index contributed by atoms with van der Waals surface area (Å²) in [5, 5.41) is -0.190. The number of carbonyl (C=O) groups excluding carboxylic acids is 1. The van der Waals surface area contributed by atoms with Gasteiger partial charge in [-0.25, -0.2) is 23.6 Å². The fraction of sp³-hybridized carbons (Fsp3) is 0.250. The van der Waals surface area contributed by atoms with Crippen LogP contribution in [0, 0.1) is 5.95 Å². The van der Waals surface area contributed by atoms with Crippen LogP contribution >= 0.6 is 11.6 Å². The van der Waals surface area contributed by atoms with Crippen molar-refractivity contribution in [2.75, 3.05) is 6.61 Å². The minimum atomic E-state index is -4.28. The highest BCUT2D eigenvalue weighted by Crippen LogP contribution is 2.14. The highest BCUT2D eigenvalue weighted by atomic mass is 35.5. The summed E-state index contributed by atoms with van der Waals surface area (Å²) >= 11 is 5.38. The van der Waals surface area contributed by atoms with E-state index in [0.29, 0.717) is 0 Å². The Morgan fingerprint density at radius 1 is 1.56 bits per heavy atom. The lowest BCUT2D eigenvalue weighted by Gasteiger charge is -2.08. The zero-order valence-electron chi connectivity index (χ0n) is 9.11. The number of aromatic nitrogens is 1. The number of amides is 1. The number of nitrogens with zero attached hydrogens (tertiary/aromatic N) is 1. The van der Waals surface area contributed by atoms with Crippen molar-refractivity contribution >= 4 is 27.7 Å². The SMILES string of the molecule is CCOC(=O)NNS(=O)(=O)c1ccc(Cl)nc1F. The molecule has 0 spiro atoms. The van der Waals surface area contributed by atoms with Gasteiger partial charge < -0.3 is 4.74 Å². The highest BCUT2D eigenvalue weighted by Gasteiger charge is 2.21. The van der Waals surface area contributed by atoms with Crippen LogP contribution in [0.15, 0.2) is 17.0 Å². The van der Waals surface area contributed by atoms with Crippen molar-refractivity contribution in [1.29, 1.82) is 0 Å². The maximum Gasteiger partial charge on any atom is 0.422 e. The van der Waals surface area contributed by atoms with Gasteiger partial charge in [0.25, 0.3) is 10.0 Å². The van der Waals surface area contributed by atoms with Gasteiger partial charge in [-0.05, 0) is 19.1 Å². The van der Waals surface area contributed by atoms with Crippen molar-refractivity contribution in [3.8, 4) is 0 Å². The molecule has 0 saturated carbocycles. The minimum absolute atomic E-state index is 0.0599. The second-order valence-electron chi connectivity index (χ2n) is 2.87. The molecular formula is C8H9ClFN3O4S. The number of pyridine rings is 1. The van der Waals surface area contributed by atoms with Crippen LogP contribution in [-0.2, 0) is 14.8 Å². The molecule has 1 aromatic heterocycles. The Balaban J connectivity index is 2.83. The molecule has 0 atom stereocenters. The Hall–Kier alpha value is -1.45. The smallest absolute Gasteiger partial charge is 0.422 e. The molecule has 0 unspecified atom stereocenters. The summed E-state index contributed by atoms with van der Waals surface area (Å²) in [6.45, 7) is 1.60. The van der Waals surface area contributed by atoms with E-state index in [1.165, 1.54) is 6.92 Å². The summed E-state index contributed by atoms with van der Waals surface area (Å²) in [5.74, 6) is -1.28. The average Bonchev–Trinajstić information content (AvgIpc) is 2.26. The number of carbonyl (C=O) groups is 1. The van der Waals surface area contributed by atoms with E-state index in [1.807, 2.05) is 0 Å². The van der Waals surface area contributed by atoms with E-state index >= 15 is 0 Å². The monoisotopic (exact) mass is 297 g/mol. The van der Waals surface area contributed by atoms with Gasteiger partial charge in [0.2, 0.25) is 5.95 Å². The van der Waals surface area contributed by atoms with Crippen molar-refractivity contribution in [1.82, 2.24) is 15.2 Å². The van der Waals surface area contributed by atoms with E-state index in [9.17, 15) is 17.6 Å². The largest absolute Gasteiger partial charge is 0.449 e. The lowest BCUT2D eigenvalue weighted by Crippen LogP contribution is -2.42. The van der Waals surface area contributed by atoms with Gasteiger partial charge in [0, 0.05) is 0 Å². The van der Waals surface area contributed by atoms with Crippen LogP contribution in [0.4, 0.5) is 9.18 Å². The molecule has 0 saturated heterocycles. The molecule has 2 N–H and O–H groups in total. The molecule has 1 amide bonds. The molecule has 1 heterocycles. The van der Waals surface area contributed by atoms with E-state index in [0.717, 1.165) is 12.1 Å². The molecule has 0 bridgehead atoms. The van der Waals surface area contributed by atoms with Crippen LogP contribution in [0.2, 0.25) is 5.15 Å². The van der Waals surface area contributed by atoms with Crippen LogP contribution in [0.5, 0.6) is 0 Å². The third-order valence-electron chi connectivity index (χ3n) is 1.63. The number of ether oxygens (including phenoxy) is 1. The first-order valence-corrected chi connectivity index (χ1v) is 6.49. The van der Waals surface area contributed by atoms with Crippen molar-refractivity contribution in [3.05, 3.63) is 23.2 Å². The normalized spacial score (nSPS) is 11.1. The number of hydrazine groups is 1. The summed E-state index contributed by atoms with van der Waals surface area (Å²) in [4.78, 5) is 14.9. The molecule has 7 nitrogen and oxygen atoms in total. The Morgan fingerprint density at radius 3 is 2.78 bits per heavy atom. The summed E-state index contributed by atoms with van der Waals surface area (Å²) in [6.07, 6.45) is -1.01. The first kappa shape index (κ1) is 14.6. The van der Waals surface area contributed by atoms with Gasteiger partial charge in [-0.3, -0.25) is 0 Å². The number of nitrogens with one attached hydrogen (secondary N) is 2. The minimum Gasteiger partial charge on any atom is -0.449 e. The molecule has 0 radical (unpaired) electrons. The van der Waals surface area contributed by atoms with Gasteiger partial charge in [-0.2, -0.15) is 4.39 Å². The predicted molar refractivity (Wildman–Crippen MR) is 59.7 cm³/mol. The number of halogens is 2. The van der Waals surface area contributed by atoms with E-state index in [2.05, 4.69) is 9.72 Å². The molecule has 100 valence electrons. The van der Waals surface area contributed by atoms with Crippen molar-refractivity contribution in [2.24, 2.45) is 0 Å². The third kappa shape index (κ3) is 3.79. The van der Waals surface area contributed by atoms with Gasteiger partial charge in [-0.1, -0.05) is 11.6 Å². The molecule has 1 aromatic rings. The second-order valence-corrected chi connectivity index (χ2v) is 4.91. The fourth-order valence-electron chi connectivity index (χ4n) is 0.931. The summed E-state index contributed by atoms with van der Waals surface area (Å²) < 4.78 is 40.8. The zero-order chi connectivity index (χ0) is 13.8. The van der Waals surface area contributed by atoms with Crippen LogP contribution in [-0.4, -0.2) is 26.1 Å². The summed E-state index contributed by atoms with van der Waals surface area (Å²) in [7, 11) is -4.28. The lowest BCUT2D eigenvalue weighted by atomic mass is 10.5. The topological polar surface area (TPSA) is 97.4 Å². The molecule has 10 heteroatoms. The molecule has 18 heavy (non-hydrogen) atoms. The number of rotatable bonds is 4. The van der Waals surface area contributed by atoms with Crippen LogP contribution < -0.4 is 10.3 Å². The molecule has 0 aliphatic heterocycles. The van der Waals surface area contributed by atoms with Gasteiger partial charge in [0.05, 0.1) is 6.61 Å². The number of sulfonamides is 1. The van der Waals surface area contributed by atoms with Gasteiger partial charge in [-0.15, -0.1) is 4.83 Å². The Labute approximate surface area is 107 Å². The highest BCUT2D eigenvalue weighted by molar-refractivity contribution is 7.89. The maximum atomic E-state index is 13.3. The molecule has 0 aromatic carbocycles. The lowest BCUT2D eigenvalue weighted by molar-refractivity contribution is 0.150. The van der Waals surface area contributed by atoms with E-state index < -0.39 is 27.0 Å². The van der Waals surface area contributed by atoms with Gasteiger partial charge in [0.1, 0.15) is 10.0 Å². The zero-order valence-corrected chi connectivity index (χ0v) is 10.7. The second kappa shape index (κ2) is 5.94. The molecule has 1 rings (SSSR count). The number of hydrogen-bond acceptors (Lipinski definition) is 5. The molecular weight excluding hydrogens is 289 g/mol.